The molecule has 2 unspecified atom stereocenters. The molecule has 0 saturated carbocycles. The molecule has 7 atom stereocenters. The second-order valence-corrected chi connectivity index (χ2v) is 20.6. The zero-order chi connectivity index (χ0) is 49.7. The van der Waals surface area contributed by atoms with Gasteiger partial charge in [-0.05, 0) is 32.1 Å². The maximum absolute atomic E-state index is 12.7. The van der Waals surface area contributed by atoms with Gasteiger partial charge in [-0.15, -0.1) is 0 Å². The van der Waals surface area contributed by atoms with Crippen molar-refractivity contribution in [2.24, 2.45) is 5.41 Å². The first-order chi connectivity index (χ1) is 31.6. The van der Waals surface area contributed by atoms with Crippen molar-refractivity contribution in [2.75, 3.05) is 37.8 Å². The number of nitrogen functional groups attached to an aromatic ring is 1. The molecule has 2 amide bonds. The van der Waals surface area contributed by atoms with Crippen molar-refractivity contribution in [3.63, 3.8) is 0 Å². The van der Waals surface area contributed by atoms with E-state index in [9.17, 15) is 57.9 Å². The molecule has 1 aliphatic heterocycles. The van der Waals surface area contributed by atoms with E-state index in [1.54, 1.807) is 6.08 Å². The molecular formula is C39H60N7O17P3S. The molecule has 0 radical (unpaired) electrons. The fraction of sp³-hybridized carbons (Fsp3) is 0.538. The third kappa shape index (κ3) is 21.2. The first kappa shape index (κ1) is 57.6. The highest BCUT2D eigenvalue weighted by Crippen LogP contribution is 2.61. The van der Waals surface area contributed by atoms with Gasteiger partial charge in [-0.2, -0.15) is 4.31 Å². The summed E-state index contributed by atoms with van der Waals surface area (Å²) in [6, 6.07) is 0. The van der Waals surface area contributed by atoms with Gasteiger partial charge >= 0.3 is 23.5 Å². The molecule has 1 aliphatic rings. The lowest BCUT2D eigenvalue weighted by Gasteiger charge is -2.30. The van der Waals surface area contributed by atoms with Crippen LogP contribution in [0, 0.1) is 5.41 Å². The molecule has 0 spiro atoms. The topological polar surface area (TPSA) is 364 Å². The van der Waals surface area contributed by atoms with E-state index in [1.807, 2.05) is 12.2 Å². The van der Waals surface area contributed by atoms with E-state index < -0.39 is 84.6 Å². The predicted molar refractivity (Wildman–Crippen MR) is 246 cm³/mol. The zero-order valence-electron chi connectivity index (χ0n) is 37.1. The third-order valence-electron chi connectivity index (χ3n) is 9.21. The number of nitrogens with two attached hydrogens (primary N) is 1. The summed E-state index contributed by atoms with van der Waals surface area (Å²) in [5.74, 6) is -1.13. The number of amides is 2. The quantitative estimate of drug-likeness (QED) is 0.0305. The van der Waals surface area contributed by atoms with Crippen LogP contribution < -0.4 is 16.4 Å². The van der Waals surface area contributed by atoms with Gasteiger partial charge in [0.1, 0.15) is 36.3 Å². The second kappa shape index (κ2) is 28.1. The molecule has 3 heterocycles. The van der Waals surface area contributed by atoms with Gasteiger partial charge in [-0.25, -0.2) is 28.6 Å². The van der Waals surface area contributed by atoms with Gasteiger partial charge in [0.2, 0.25) is 11.8 Å². The molecule has 24 nitrogen and oxygen atoms in total. The Bertz CT molecular complexity index is 2230. The zero-order valence-corrected chi connectivity index (χ0v) is 40.6. The molecule has 3 rings (SSSR count). The van der Waals surface area contributed by atoms with Crippen LogP contribution in [0.2, 0.25) is 0 Å². The molecule has 2 aromatic rings. The minimum Gasteiger partial charge on any atom is -0.386 e. The Labute approximate surface area is 391 Å². The van der Waals surface area contributed by atoms with Crippen molar-refractivity contribution in [3.05, 3.63) is 73.4 Å². The van der Waals surface area contributed by atoms with Crippen LogP contribution in [-0.4, -0.2) is 123 Å². The number of ether oxygens (including phenoxy) is 1. The summed E-state index contributed by atoms with van der Waals surface area (Å²) in [5, 5.41) is 26.5. The van der Waals surface area contributed by atoms with E-state index in [-0.39, 0.29) is 48.0 Å². The van der Waals surface area contributed by atoms with Gasteiger partial charge in [0.15, 0.2) is 22.8 Å². The Hall–Kier alpha value is -3.74. The number of aliphatic hydroxyl groups excluding tert-OH is 2. The van der Waals surface area contributed by atoms with E-state index >= 15 is 0 Å². The third-order valence-corrected chi connectivity index (χ3v) is 13.2. The molecule has 374 valence electrons. The molecule has 1 saturated heterocycles. The maximum atomic E-state index is 12.7. The summed E-state index contributed by atoms with van der Waals surface area (Å²) in [6.07, 6.45) is 18.3. The van der Waals surface area contributed by atoms with Gasteiger partial charge in [-0.3, -0.25) is 32.5 Å². The van der Waals surface area contributed by atoms with Crippen molar-refractivity contribution in [1.82, 2.24) is 30.2 Å². The molecule has 67 heavy (non-hydrogen) atoms. The largest absolute Gasteiger partial charge is 0.481 e. The molecule has 10 N–H and O–H groups in total. The first-order valence-electron chi connectivity index (χ1n) is 20.9. The van der Waals surface area contributed by atoms with E-state index in [0.717, 1.165) is 54.7 Å². The van der Waals surface area contributed by atoms with Crippen LogP contribution in [0.15, 0.2) is 73.4 Å². The standard InChI is InChI=1S/C39H60N7O17P3S/c1-4-5-6-7-8-9-10-11-12-13-14-15-16-17-18-19-30(48)67-23-22-41-29(47)20-21-42-37(51)34(50)39(2,3)25-60-66(57,58)63-65(55,56)59-24-28-33(62-64(52,53)54)32(49)38(61-28)46-27-45-31-35(40)43-26-44-36(31)46/h5-6,8-9,11-12,14-15,17-18,26-28,32-34,38,49-50H,4,7,10,13,16,19-25H2,1-3H3,(H,41,47)(H,42,51)(H,55,56)(H,57,58)(H2,40,43,44)(H2,52,53,54)/b6-5-,9-8-,12-11-,15-14-,18-17-/t28-,32-,33-,34+,38-/m1/s1. The lowest BCUT2D eigenvalue weighted by Crippen LogP contribution is -2.46. The Kier molecular flexibility index (Phi) is 24.1. The number of phosphoric ester groups is 3. The van der Waals surface area contributed by atoms with Crippen LogP contribution in [0.3, 0.4) is 0 Å². The maximum Gasteiger partial charge on any atom is 0.481 e. The summed E-state index contributed by atoms with van der Waals surface area (Å²) in [4.78, 5) is 88.2. The number of hydrogen-bond acceptors (Lipinski definition) is 18. The average Bonchev–Trinajstić information content (AvgIpc) is 3.81. The Morgan fingerprint density at radius 3 is 2.10 bits per heavy atom. The smallest absolute Gasteiger partial charge is 0.386 e. The summed E-state index contributed by atoms with van der Waals surface area (Å²) in [6.45, 7) is 2.58. The van der Waals surface area contributed by atoms with Crippen molar-refractivity contribution in [2.45, 2.75) is 96.4 Å². The molecule has 28 heteroatoms. The van der Waals surface area contributed by atoms with Crippen LogP contribution in [0.1, 0.15) is 71.9 Å². The number of aliphatic hydroxyl groups is 2. The van der Waals surface area contributed by atoms with Crippen molar-refractivity contribution in [3.8, 4) is 0 Å². The summed E-state index contributed by atoms with van der Waals surface area (Å²) >= 11 is 1.07. The number of aromatic nitrogens is 4. The Morgan fingerprint density at radius 2 is 1.49 bits per heavy atom. The second-order valence-electron chi connectivity index (χ2n) is 15.2. The lowest BCUT2D eigenvalue weighted by atomic mass is 9.87. The summed E-state index contributed by atoms with van der Waals surface area (Å²) in [7, 11) is -16.4. The Balaban J connectivity index is 1.34. The molecule has 0 aromatic carbocycles. The van der Waals surface area contributed by atoms with Crippen molar-refractivity contribution >= 4 is 69.1 Å². The van der Waals surface area contributed by atoms with Crippen LogP contribution in [0.25, 0.3) is 11.2 Å². The van der Waals surface area contributed by atoms with Gasteiger partial charge in [0.05, 0.1) is 19.5 Å². The highest BCUT2D eigenvalue weighted by atomic mass is 32.2. The highest BCUT2D eigenvalue weighted by molar-refractivity contribution is 8.13. The minimum atomic E-state index is -5.58. The Morgan fingerprint density at radius 1 is 0.896 bits per heavy atom. The number of allylic oxidation sites excluding steroid dienone is 10. The number of anilines is 1. The summed E-state index contributed by atoms with van der Waals surface area (Å²) in [5.41, 5.74) is 4.26. The number of hydrogen-bond donors (Lipinski definition) is 9. The average molecular weight is 1020 g/mol. The molecule has 0 bridgehead atoms. The number of carbonyl (C=O) groups is 3. The number of thioether (sulfide) groups is 1. The normalized spacial score (nSPS) is 20.7. The molecule has 2 aromatic heterocycles. The number of carbonyl (C=O) groups excluding carboxylic acids is 3. The number of rotatable bonds is 30. The van der Waals surface area contributed by atoms with Gasteiger partial charge in [-0.1, -0.05) is 93.3 Å². The van der Waals surface area contributed by atoms with Gasteiger partial charge in [0.25, 0.3) is 0 Å². The van der Waals surface area contributed by atoms with E-state index in [2.05, 4.69) is 83.9 Å². The highest BCUT2D eigenvalue weighted by Gasteiger charge is 2.50. The predicted octanol–water partition coefficient (Wildman–Crippen LogP) is 3.81. The van der Waals surface area contributed by atoms with Crippen LogP contribution in [-0.2, 0) is 50.7 Å². The number of phosphoric acid groups is 3. The molecule has 0 aliphatic carbocycles. The van der Waals surface area contributed by atoms with Crippen LogP contribution >= 0.6 is 35.2 Å². The van der Waals surface area contributed by atoms with Crippen LogP contribution in [0.5, 0.6) is 0 Å². The van der Waals surface area contributed by atoms with E-state index in [0.29, 0.717) is 12.2 Å². The SMILES string of the molecule is CC/C=C\C/C=C\C/C=C\C/C=C\C/C=C\CC(=O)SCCNC(=O)CCNC(=O)[C@H](O)C(C)(C)COP(=O)(O)OP(=O)(O)OC[C@H]1O[C@@H](n2cnc3c(N)ncnc32)[C@H](O)[C@@H]1OP(=O)(O)O. The van der Waals surface area contributed by atoms with Crippen molar-refractivity contribution < 1.29 is 80.5 Å². The van der Waals surface area contributed by atoms with E-state index in [1.165, 1.54) is 13.8 Å². The lowest BCUT2D eigenvalue weighted by molar-refractivity contribution is -0.137. The number of imidazole rings is 1. The fourth-order valence-corrected chi connectivity index (χ4v) is 9.26. The number of fused-ring (bicyclic) bond motifs is 1. The number of nitrogens with one attached hydrogen (secondary N) is 2. The van der Waals surface area contributed by atoms with Crippen LogP contribution in [0.4, 0.5) is 5.82 Å². The van der Waals surface area contributed by atoms with Crippen molar-refractivity contribution in [1.29, 1.82) is 0 Å². The minimum absolute atomic E-state index is 0.0290. The van der Waals surface area contributed by atoms with Gasteiger partial charge < -0.3 is 50.9 Å². The first-order valence-corrected chi connectivity index (χ1v) is 26.4. The van der Waals surface area contributed by atoms with Gasteiger partial charge in [0, 0.05) is 37.1 Å². The fourth-order valence-electron chi connectivity index (χ4n) is 5.78. The van der Waals surface area contributed by atoms with E-state index in [4.69, 9.17) is 19.5 Å². The summed E-state index contributed by atoms with van der Waals surface area (Å²) < 4.78 is 62.4. The molecule has 1 fully saturated rings. The monoisotopic (exact) mass is 1020 g/mol. The molecular weight excluding hydrogens is 963 g/mol. The number of nitrogens with zero attached hydrogens (tertiary/aromatic N) is 4.